The molecule has 0 saturated heterocycles. The lowest BCUT2D eigenvalue weighted by Gasteiger charge is -2.06. The molecule has 1 aromatic carbocycles. The Morgan fingerprint density at radius 2 is 2.16 bits per heavy atom. The summed E-state index contributed by atoms with van der Waals surface area (Å²) in [6.07, 6.45) is 3.31. The van der Waals surface area contributed by atoms with Gasteiger partial charge < -0.3 is 10.1 Å². The number of carbonyl (C=O) groups excluding carboxylic acids is 1. The number of pyridine rings is 1. The number of aryl methyl sites for hydroxylation is 2. The summed E-state index contributed by atoms with van der Waals surface area (Å²) in [5, 5.41) is 4.20. The highest BCUT2D eigenvalue weighted by molar-refractivity contribution is 7.13. The van der Waals surface area contributed by atoms with Crippen molar-refractivity contribution < 1.29 is 9.53 Å². The molecule has 25 heavy (non-hydrogen) atoms. The van der Waals surface area contributed by atoms with Crippen LogP contribution < -0.4 is 10.1 Å². The molecule has 0 aliphatic heterocycles. The third kappa shape index (κ3) is 4.35. The van der Waals surface area contributed by atoms with Crippen molar-refractivity contribution in [2.45, 2.75) is 20.5 Å². The first-order valence-electron chi connectivity index (χ1n) is 7.59. The molecular formula is C18H16ClN3O2S. The van der Waals surface area contributed by atoms with Crippen LogP contribution in [0.5, 0.6) is 5.75 Å². The summed E-state index contributed by atoms with van der Waals surface area (Å²) >= 11 is 7.41. The van der Waals surface area contributed by atoms with Gasteiger partial charge in [-0.05, 0) is 43.7 Å². The van der Waals surface area contributed by atoms with E-state index in [9.17, 15) is 4.79 Å². The zero-order valence-corrected chi connectivity index (χ0v) is 15.3. The molecule has 1 amide bonds. The fraction of sp³-hybridized carbons (Fsp3) is 0.167. The molecule has 0 fully saturated rings. The average molecular weight is 374 g/mol. The Balaban J connectivity index is 1.68. The van der Waals surface area contributed by atoms with Crippen molar-refractivity contribution in [2.24, 2.45) is 0 Å². The number of rotatable bonds is 5. The fourth-order valence-corrected chi connectivity index (χ4v) is 3.21. The summed E-state index contributed by atoms with van der Waals surface area (Å²) in [4.78, 5) is 21.4. The largest absolute Gasteiger partial charge is 0.485 e. The van der Waals surface area contributed by atoms with Crippen LogP contribution in [0.3, 0.4) is 0 Å². The van der Waals surface area contributed by atoms with E-state index in [0.717, 1.165) is 10.6 Å². The number of benzene rings is 1. The van der Waals surface area contributed by atoms with Crippen LogP contribution in [0.15, 0.2) is 42.7 Å². The van der Waals surface area contributed by atoms with Gasteiger partial charge in [-0.2, -0.15) is 0 Å². The topological polar surface area (TPSA) is 64.1 Å². The van der Waals surface area contributed by atoms with E-state index < -0.39 is 0 Å². The highest BCUT2D eigenvalue weighted by Crippen LogP contribution is 2.24. The van der Waals surface area contributed by atoms with Crippen LogP contribution in [-0.2, 0) is 6.61 Å². The van der Waals surface area contributed by atoms with Gasteiger partial charge in [-0.15, -0.1) is 11.3 Å². The van der Waals surface area contributed by atoms with E-state index in [1.807, 2.05) is 25.1 Å². The van der Waals surface area contributed by atoms with Gasteiger partial charge in [0.2, 0.25) is 0 Å². The molecule has 0 radical (unpaired) electrons. The number of nitrogens with zero attached hydrogens (tertiary/aromatic N) is 2. The van der Waals surface area contributed by atoms with Crippen molar-refractivity contribution in [1.82, 2.24) is 9.97 Å². The lowest BCUT2D eigenvalue weighted by Crippen LogP contribution is -2.11. The van der Waals surface area contributed by atoms with Gasteiger partial charge in [0.1, 0.15) is 22.2 Å². The Labute approximate surface area is 154 Å². The molecule has 3 aromatic rings. The molecule has 0 spiro atoms. The van der Waals surface area contributed by atoms with Gasteiger partial charge in [-0.3, -0.25) is 9.78 Å². The van der Waals surface area contributed by atoms with E-state index in [1.54, 1.807) is 31.5 Å². The number of hydrogen-bond donors (Lipinski definition) is 1. The van der Waals surface area contributed by atoms with Gasteiger partial charge in [0.05, 0.1) is 11.9 Å². The summed E-state index contributed by atoms with van der Waals surface area (Å²) in [6.45, 7) is 4.01. The van der Waals surface area contributed by atoms with Crippen LogP contribution in [0.25, 0.3) is 0 Å². The summed E-state index contributed by atoms with van der Waals surface area (Å²) in [7, 11) is 0. The second-order valence-electron chi connectivity index (χ2n) is 5.42. The maximum absolute atomic E-state index is 12.5. The second kappa shape index (κ2) is 7.63. The van der Waals surface area contributed by atoms with Crippen LogP contribution in [0.1, 0.15) is 25.9 Å². The van der Waals surface area contributed by atoms with Crippen molar-refractivity contribution in [2.75, 3.05) is 5.32 Å². The SMILES string of the molecule is Cc1ccc(NC(=O)c2sc(COc3cccnc3)nc2C)cc1Cl. The first kappa shape index (κ1) is 17.4. The van der Waals surface area contributed by atoms with Crippen molar-refractivity contribution in [3.05, 3.63) is 68.9 Å². The van der Waals surface area contributed by atoms with E-state index in [2.05, 4.69) is 15.3 Å². The van der Waals surface area contributed by atoms with Crippen molar-refractivity contribution in [1.29, 1.82) is 0 Å². The third-order valence-electron chi connectivity index (χ3n) is 3.47. The second-order valence-corrected chi connectivity index (χ2v) is 6.91. The zero-order valence-electron chi connectivity index (χ0n) is 13.7. The minimum atomic E-state index is -0.206. The molecule has 3 rings (SSSR count). The Kier molecular flexibility index (Phi) is 5.31. The van der Waals surface area contributed by atoms with Crippen LogP contribution >= 0.6 is 22.9 Å². The summed E-state index contributed by atoms with van der Waals surface area (Å²) in [6, 6.07) is 9.04. The van der Waals surface area contributed by atoms with Crippen LogP contribution in [0, 0.1) is 13.8 Å². The van der Waals surface area contributed by atoms with Gasteiger partial charge in [0.25, 0.3) is 5.91 Å². The standard InChI is InChI=1S/C18H16ClN3O2S/c1-11-5-6-13(8-15(11)19)22-18(23)17-12(2)21-16(25-17)10-24-14-4-3-7-20-9-14/h3-9H,10H2,1-2H3,(H,22,23). The van der Waals surface area contributed by atoms with E-state index in [0.29, 0.717) is 33.6 Å². The zero-order chi connectivity index (χ0) is 17.8. The molecule has 0 aliphatic carbocycles. The van der Waals surface area contributed by atoms with Gasteiger partial charge in [-0.25, -0.2) is 4.98 Å². The van der Waals surface area contributed by atoms with Gasteiger partial charge in [0.15, 0.2) is 0 Å². The smallest absolute Gasteiger partial charge is 0.267 e. The number of carbonyl (C=O) groups is 1. The minimum Gasteiger partial charge on any atom is -0.485 e. The predicted octanol–water partition coefficient (Wildman–Crippen LogP) is 4.64. The fourth-order valence-electron chi connectivity index (χ4n) is 2.16. The van der Waals surface area contributed by atoms with Gasteiger partial charge >= 0.3 is 0 Å². The average Bonchev–Trinajstić information content (AvgIpc) is 2.98. The van der Waals surface area contributed by atoms with Crippen molar-refractivity contribution >= 4 is 34.5 Å². The summed E-state index contributed by atoms with van der Waals surface area (Å²) in [5.74, 6) is 0.457. The highest BCUT2D eigenvalue weighted by Gasteiger charge is 2.16. The minimum absolute atomic E-state index is 0.206. The molecule has 1 N–H and O–H groups in total. The Hall–Kier alpha value is -2.44. The number of hydrogen-bond acceptors (Lipinski definition) is 5. The normalized spacial score (nSPS) is 10.5. The lowest BCUT2D eigenvalue weighted by molar-refractivity contribution is 0.103. The van der Waals surface area contributed by atoms with Crippen LogP contribution in [-0.4, -0.2) is 15.9 Å². The van der Waals surface area contributed by atoms with Crippen LogP contribution in [0.4, 0.5) is 5.69 Å². The number of anilines is 1. The molecule has 128 valence electrons. The first-order valence-corrected chi connectivity index (χ1v) is 8.79. The molecule has 0 aliphatic rings. The third-order valence-corrected chi connectivity index (χ3v) is 5.01. The van der Waals surface area contributed by atoms with E-state index in [4.69, 9.17) is 16.3 Å². The predicted molar refractivity (Wildman–Crippen MR) is 99.6 cm³/mol. The summed E-state index contributed by atoms with van der Waals surface area (Å²) in [5.41, 5.74) is 2.29. The lowest BCUT2D eigenvalue weighted by atomic mass is 10.2. The quantitative estimate of drug-likeness (QED) is 0.707. The number of ether oxygens (including phenoxy) is 1. The number of amides is 1. The van der Waals surface area contributed by atoms with E-state index in [1.165, 1.54) is 11.3 Å². The molecule has 5 nitrogen and oxygen atoms in total. The Morgan fingerprint density at radius 3 is 2.88 bits per heavy atom. The van der Waals surface area contributed by atoms with Gasteiger partial charge in [0, 0.05) is 16.9 Å². The molecule has 0 saturated carbocycles. The molecular weight excluding hydrogens is 358 g/mol. The Bertz CT molecular complexity index is 897. The number of halogens is 1. The van der Waals surface area contributed by atoms with E-state index >= 15 is 0 Å². The molecule has 0 bridgehead atoms. The molecule has 2 aromatic heterocycles. The number of thiazole rings is 1. The summed E-state index contributed by atoms with van der Waals surface area (Å²) < 4.78 is 5.62. The van der Waals surface area contributed by atoms with E-state index in [-0.39, 0.29) is 5.91 Å². The van der Waals surface area contributed by atoms with Gasteiger partial charge in [-0.1, -0.05) is 17.7 Å². The molecule has 2 heterocycles. The maximum Gasteiger partial charge on any atom is 0.267 e. The maximum atomic E-state index is 12.5. The highest BCUT2D eigenvalue weighted by atomic mass is 35.5. The van der Waals surface area contributed by atoms with Crippen molar-refractivity contribution in [3.8, 4) is 5.75 Å². The Morgan fingerprint density at radius 1 is 1.32 bits per heavy atom. The molecule has 0 atom stereocenters. The first-order chi connectivity index (χ1) is 12.0. The van der Waals surface area contributed by atoms with Crippen LogP contribution in [0.2, 0.25) is 5.02 Å². The van der Waals surface area contributed by atoms with Crippen molar-refractivity contribution in [3.63, 3.8) is 0 Å². The molecule has 7 heteroatoms. The molecule has 0 unspecified atom stereocenters. The monoisotopic (exact) mass is 373 g/mol. The number of nitrogens with one attached hydrogen (secondary N) is 1. The number of aromatic nitrogens is 2.